The highest BCUT2D eigenvalue weighted by molar-refractivity contribution is 5.50. The van der Waals surface area contributed by atoms with Crippen LogP contribution in [0.4, 0.5) is 10.1 Å². The molecule has 1 unspecified atom stereocenters. The first-order valence-electron chi connectivity index (χ1n) is 4.16. The molecule has 0 radical (unpaired) electrons. The number of aryl methyl sites for hydroxylation is 1. The Labute approximate surface area is 81.9 Å². The average Bonchev–Trinajstić information content (AvgIpc) is 2.14. The number of hydrogen-bond acceptors (Lipinski definition) is 3. The highest BCUT2D eigenvalue weighted by atomic mass is 19.1. The van der Waals surface area contributed by atoms with Crippen LogP contribution in [0.3, 0.4) is 0 Å². The van der Waals surface area contributed by atoms with Gasteiger partial charge in [-0.05, 0) is 25.5 Å². The van der Waals surface area contributed by atoms with Gasteiger partial charge in [0.05, 0.1) is 0 Å². The molecule has 1 atom stereocenters. The van der Waals surface area contributed by atoms with Crippen LogP contribution in [0.15, 0.2) is 12.1 Å². The van der Waals surface area contributed by atoms with Crippen molar-refractivity contribution in [3.8, 4) is 11.8 Å². The highest BCUT2D eigenvalue weighted by Crippen LogP contribution is 2.24. The van der Waals surface area contributed by atoms with E-state index in [0.717, 1.165) is 5.56 Å². The smallest absolute Gasteiger partial charge is 0.181 e. The number of benzene rings is 1. The van der Waals surface area contributed by atoms with Crippen molar-refractivity contribution in [1.82, 2.24) is 0 Å². The number of anilines is 1. The van der Waals surface area contributed by atoms with E-state index < -0.39 is 11.9 Å². The van der Waals surface area contributed by atoms with Crippen LogP contribution in [-0.4, -0.2) is 6.10 Å². The second-order valence-corrected chi connectivity index (χ2v) is 3.03. The molecule has 3 nitrogen and oxygen atoms in total. The number of nitrogens with two attached hydrogens (primary N) is 1. The minimum atomic E-state index is -0.674. The van der Waals surface area contributed by atoms with Crippen molar-refractivity contribution in [2.24, 2.45) is 0 Å². The van der Waals surface area contributed by atoms with Crippen LogP contribution in [0.25, 0.3) is 0 Å². The first-order valence-corrected chi connectivity index (χ1v) is 4.16. The zero-order valence-corrected chi connectivity index (χ0v) is 8.04. The lowest BCUT2D eigenvalue weighted by Gasteiger charge is -2.10. The van der Waals surface area contributed by atoms with Gasteiger partial charge in [-0.3, -0.25) is 0 Å². The van der Waals surface area contributed by atoms with Crippen molar-refractivity contribution in [2.45, 2.75) is 20.0 Å². The fraction of sp³-hybridized carbons (Fsp3) is 0.300. The van der Waals surface area contributed by atoms with Gasteiger partial charge in [-0.25, -0.2) is 4.39 Å². The maximum absolute atomic E-state index is 13.2. The number of nitriles is 1. The Balaban J connectivity index is 2.99. The standard InChI is InChI=1S/C10H11FN2O/c1-6-3-10(14-7(2)5-12)8(11)4-9(6)13/h3-4,7H,13H2,1-2H3. The summed E-state index contributed by atoms with van der Waals surface area (Å²) in [6.07, 6.45) is -0.674. The van der Waals surface area contributed by atoms with E-state index in [2.05, 4.69) is 0 Å². The maximum Gasteiger partial charge on any atom is 0.181 e. The third kappa shape index (κ3) is 2.13. The van der Waals surface area contributed by atoms with Crippen molar-refractivity contribution in [3.63, 3.8) is 0 Å². The largest absolute Gasteiger partial charge is 0.473 e. The van der Waals surface area contributed by atoms with Gasteiger partial charge in [0.2, 0.25) is 0 Å². The second kappa shape index (κ2) is 3.97. The van der Waals surface area contributed by atoms with E-state index in [1.54, 1.807) is 13.8 Å². The second-order valence-electron chi connectivity index (χ2n) is 3.03. The zero-order valence-electron chi connectivity index (χ0n) is 8.04. The van der Waals surface area contributed by atoms with Gasteiger partial charge in [0.15, 0.2) is 17.7 Å². The first kappa shape index (κ1) is 10.3. The van der Waals surface area contributed by atoms with Crippen LogP contribution >= 0.6 is 0 Å². The van der Waals surface area contributed by atoms with Crippen molar-refractivity contribution in [2.75, 3.05) is 5.73 Å². The van der Waals surface area contributed by atoms with Crippen LogP contribution in [0.2, 0.25) is 0 Å². The summed E-state index contributed by atoms with van der Waals surface area (Å²) in [4.78, 5) is 0. The molecule has 0 aliphatic carbocycles. The number of nitrogens with zero attached hydrogens (tertiary/aromatic N) is 1. The molecule has 0 heterocycles. The van der Waals surface area contributed by atoms with Crippen LogP contribution in [0.1, 0.15) is 12.5 Å². The number of nitrogen functional groups attached to an aromatic ring is 1. The lowest BCUT2D eigenvalue weighted by atomic mass is 10.2. The van der Waals surface area contributed by atoms with Crippen molar-refractivity contribution in [1.29, 1.82) is 5.26 Å². The monoisotopic (exact) mass is 194 g/mol. The predicted molar refractivity (Wildman–Crippen MR) is 51.3 cm³/mol. The normalized spacial score (nSPS) is 11.9. The van der Waals surface area contributed by atoms with Gasteiger partial charge in [-0.1, -0.05) is 0 Å². The minimum absolute atomic E-state index is 0.0609. The Bertz CT molecular complexity index is 384. The average molecular weight is 194 g/mol. The van der Waals surface area contributed by atoms with Gasteiger partial charge in [0.25, 0.3) is 0 Å². The summed E-state index contributed by atoms with van der Waals surface area (Å²) in [5.41, 5.74) is 6.60. The Kier molecular flexibility index (Phi) is 2.92. The Morgan fingerprint density at radius 2 is 2.21 bits per heavy atom. The molecule has 0 fully saturated rings. The van der Waals surface area contributed by atoms with E-state index in [1.807, 2.05) is 6.07 Å². The molecule has 0 saturated carbocycles. The predicted octanol–water partition coefficient (Wildman–Crippen LogP) is 2.01. The molecule has 74 valence electrons. The van der Waals surface area contributed by atoms with E-state index in [9.17, 15) is 4.39 Å². The van der Waals surface area contributed by atoms with Crippen LogP contribution < -0.4 is 10.5 Å². The SMILES string of the molecule is Cc1cc(OC(C)C#N)c(F)cc1N. The first-order chi connectivity index (χ1) is 6.54. The molecule has 0 amide bonds. The van der Waals surface area contributed by atoms with Gasteiger partial charge < -0.3 is 10.5 Å². The summed E-state index contributed by atoms with van der Waals surface area (Å²) in [7, 11) is 0. The lowest BCUT2D eigenvalue weighted by Crippen LogP contribution is -2.09. The van der Waals surface area contributed by atoms with E-state index in [0.29, 0.717) is 5.69 Å². The molecule has 4 heteroatoms. The zero-order chi connectivity index (χ0) is 10.7. The number of hydrogen-bond donors (Lipinski definition) is 1. The maximum atomic E-state index is 13.2. The Hall–Kier alpha value is -1.76. The summed E-state index contributed by atoms with van der Waals surface area (Å²) < 4.78 is 18.3. The molecule has 2 N–H and O–H groups in total. The van der Waals surface area contributed by atoms with Gasteiger partial charge >= 0.3 is 0 Å². The van der Waals surface area contributed by atoms with Gasteiger partial charge in [-0.2, -0.15) is 5.26 Å². The van der Waals surface area contributed by atoms with Crippen LogP contribution in [0.5, 0.6) is 5.75 Å². The topological polar surface area (TPSA) is 59.0 Å². The molecule has 0 aliphatic rings. The molecular weight excluding hydrogens is 183 g/mol. The molecular formula is C10H11FN2O. The van der Waals surface area contributed by atoms with Crippen LogP contribution in [0, 0.1) is 24.1 Å². The number of halogens is 1. The molecule has 1 rings (SSSR count). The highest BCUT2D eigenvalue weighted by Gasteiger charge is 2.09. The summed E-state index contributed by atoms with van der Waals surface area (Å²) in [5.74, 6) is -0.485. The molecule has 0 spiro atoms. The van der Waals surface area contributed by atoms with E-state index >= 15 is 0 Å². The third-order valence-electron chi connectivity index (χ3n) is 1.81. The van der Waals surface area contributed by atoms with Crippen LogP contribution in [-0.2, 0) is 0 Å². The number of rotatable bonds is 2. The van der Waals surface area contributed by atoms with Crippen molar-refractivity contribution < 1.29 is 9.13 Å². The molecule has 0 saturated heterocycles. The minimum Gasteiger partial charge on any atom is -0.473 e. The Morgan fingerprint density at radius 1 is 1.57 bits per heavy atom. The fourth-order valence-corrected chi connectivity index (χ4v) is 0.978. The van der Waals surface area contributed by atoms with Crippen molar-refractivity contribution >= 4 is 5.69 Å². The van der Waals surface area contributed by atoms with Gasteiger partial charge in [-0.15, -0.1) is 0 Å². The third-order valence-corrected chi connectivity index (χ3v) is 1.81. The lowest BCUT2D eigenvalue weighted by molar-refractivity contribution is 0.263. The number of ether oxygens (including phenoxy) is 1. The summed E-state index contributed by atoms with van der Waals surface area (Å²) >= 11 is 0. The van der Waals surface area contributed by atoms with Crippen molar-refractivity contribution in [3.05, 3.63) is 23.5 Å². The molecule has 0 bridgehead atoms. The molecule has 1 aromatic carbocycles. The quantitative estimate of drug-likeness (QED) is 0.732. The fourth-order valence-electron chi connectivity index (χ4n) is 0.978. The Morgan fingerprint density at radius 3 is 2.79 bits per heavy atom. The summed E-state index contributed by atoms with van der Waals surface area (Å²) in [6, 6.07) is 4.53. The van der Waals surface area contributed by atoms with Gasteiger partial charge in [0.1, 0.15) is 6.07 Å². The molecule has 0 aromatic heterocycles. The van der Waals surface area contributed by atoms with Gasteiger partial charge in [0, 0.05) is 11.8 Å². The molecule has 14 heavy (non-hydrogen) atoms. The summed E-state index contributed by atoms with van der Waals surface area (Å²) in [5, 5.41) is 8.49. The molecule has 0 aliphatic heterocycles. The van der Waals surface area contributed by atoms with E-state index in [-0.39, 0.29) is 5.75 Å². The molecule has 1 aromatic rings. The van der Waals surface area contributed by atoms with E-state index in [4.69, 9.17) is 15.7 Å². The summed E-state index contributed by atoms with van der Waals surface area (Å²) in [6.45, 7) is 3.30. The van der Waals surface area contributed by atoms with E-state index in [1.165, 1.54) is 12.1 Å².